The zero-order valence-corrected chi connectivity index (χ0v) is 11.9. The minimum atomic E-state index is -2.56. The Balaban J connectivity index is 5.32. The highest BCUT2D eigenvalue weighted by molar-refractivity contribution is 5.83. The van der Waals surface area contributed by atoms with Crippen molar-refractivity contribution in [2.75, 3.05) is 0 Å². The van der Waals surface area contributed by atoms with Gasteiger partial charge in [0.25, 0.3) is 0 Å². The van der Waals surface area contributed by atoms with E-state index in [9.17, 15) is 19.8 Å². The molecule has 0 aromatic heterocycles. The van der Waals surface area contributed by atoms with E-state index in [-0.39, 0.29) is 6.42 Å². The summed E-state index contributed by atoms with van der Waals surface area (Å²) >= 11 is 0. The molecule has 0 saturated heterocycles. The maximum absolute atomic E-state index is 11.3. The summed E-state index contributed by atoms with van der Waals surface area (Å²) in [4.78, 5) is 22.6. The van der Waals surface area contributed by atoms with E-state index < -0.39 is 29.9 Å². The van der Waals surface area contributed by atoms with E-state index in [4.69, 9.17) is 9.47 Å². The van der Waals surface area contributed by atoms with Crippen molar-refractivity contribution in [3.05, 3.63) is 25.3 Å². The molecule has 0 fully saturated rings. The average Bonchev–Trinajstić information content (AvgIpc) is 2.39. The Hall–Kier alpha value is -1.66. The van der Waals surface area contributed by atoms with Crippen molar-refractivity contribution in [2.45, 2.75) is 45.2 Å². The van der Waals surface area contributed by atoms with Crippen LogP contribution in [0, 0.1) is 5.92 Å². The molecule has 6 nitrogen and oxygen atoms in total. The molecule has 0 aliphatic carbocycles. The number of aliphatic hydroxyl groups is 2. The topological polar surface area (TPSA) is 93.1 Å². The number of hydrogen-bond acceptors (Lipinski definition) is 6. The summed E-state index contributed by atoms with van der Waals surface area (Å²) < 4.78 is 9.46. The first-order valence-electron chi connectivity index (χ1n) is 6.45. The molecular formula is C14H22O6. The van der Waals surface area contributed by atoms with Gasteiger partial charge in [-0.3, -0.25) is 0 Å². The third-order valence-corrected chi connectivity index (χ3v) is 2.78. The number of ether oxygens (including phenoxy) is 2. The minimum Gasteiger partial charge on any atom is -0.394 e. The summed E-state index contributed by atoms with van der Waals surface area (Å²) in [6.45, 7) is 9.92. The molecule has 20 heavy (non-hydrogen) atoms. The largest absolute Gasteiger partial charge is 0.394 e. The monoisotopic (exact) mass is 286 g/mol. The second-order valence-electron chi connectivity index (χ2n) is 4.25. The highest BCUT2D eigenvalue weighted by atomic mass is 16.8. The molecule has 0 heterocycles. The Morgan fingerprint density at radius 1 is 1.20 bits per heavy atom. The summed E-state index contributed by atoms with van der Waals surface area (Å²) in [5.74, 6) is -5.46. The van der Waals surface area contributed by atoms with Crippen molar-refractivity contribution in [1.29, 1.82) is 0 Å². The number of hydrogen-bond donors (Lipinski definition) is 2. The average molecular weight is 286 g/mol. The summed E-state index contributed by atoms with van der Waals surface area (Å²) in [6, 6.07) is 0. The van der Waals surface area contributed by atoms with Crippen LogP contribution in [0.15, 0.2) is 25.3 Å². The van der Waals surface area contributed by atoms with Crippen LogP contribution in [0.1, 0.15) is 33.1 Å². The van der Waals surface area contributed by atoms with Crippen LogP contribution in [0.4, 0.5) is 0 Å². The molecule has 0 amide bonds. The first-order chi connectivity index (χ1) is 9.34. The van der Waals surface area contributed by atoms with Gasteiger partial charge in [0.1, 0.15) is 0 Å². The molecular weight excluding hydrogens is 264 g/mol. The standard InChI is InChI=1S/C14H22O6/c1-5-9-11(15)10(6-2)14(18,19-12(16)7-3)20-13(17)8-4/h7-8,10-11,15,18H,3-6,9H2,1-2H3. The van der Waals surface area contributed by atoms with Gasteiger partial charge >= 0.3 is 17.9 Å². The van der Waals surface area contributed by atoms with Crippen LogP contribution >= 0.6 is 0 Å². The van der Waals surface area contributed by atoms with Gasteiger partial charge in [0.05, 0.1) is 12.0 Å². The van der Waals surface area contributed by atoms with E-state index >= 15 is 0 Å². The SMILES string of the molecule is C=CC(=O)OC(O)(OC(=O)C=C)C(CC)C(O)CCC. The molecule has 0 aliphatic heterocycles. The Kier molecular flexibility index (Phi) is 7.79. The molecule has 0 aromatic carbocycles. The van der Waals surface area contributed by atoms with Gasteiger partial charge in [-0.2, -0.15) is 0 Å². The number of rotatable bonds is 9. The summed E-state index contributed by atoms with van der Waals surface area (Å²) in [5, 5.41) is 20.4. The molecule has 2 N–H and O–H groups in total. The van der Waals surface area contributed by atoms with E-state index in [0.29, 0.717) is 12.8 Å². The van der Waals surface area contributed by atoms with Crippen molar-refractivity contribution >= 4 is 11.9 Å². The number of aliphatic hydroxyl groups excluding tert-OH is 1. The smallest absolute Gasteiger partial charge is 0.379 e. The molecule has 2 unspecified atom stereocenters. The van der Waals surface area contributed by atoms with Gasteiger partial charge in [0, 0.05) is 12.2 Å². The van der Waals surface area contributed by atoms with Crippen molar-refractivity contribution < 1.29 is 29.3 Å². The third kappa shape index (κ3) is 5.14. The van der Waals surface area contributed by atoms with Crippen LogP contribution in [-0.2, 0) is 19.1 Å². The lowest BCUT2D eigenvalue weighted by atomic mass is 9.93. The van der Waals surface area contributed by atoms with Crippen LogP contribution in [0.3, 0.4) is 0 Å². The predicted octanol–water partition coefficient (Wildman–Crippen LogP) is 1.28. The van der Waals surface area contributed by atoms with Crippen LogP contribution < -0.4 is 0 Å². The van der Waals surface area contributed by atoms with Gasteiger partial charge < -0.3 is 19.7 Å². The number of esters is 2. The van der Waals surface area contributed by atoms with Crippen molar-refractivity contribution in [1.82, 2.24) is 0 Å². The van der Waals surface area contributed by atoms with E-state index in [2.05, 4.69) is 13.2 Å². The molecule has 2 atom stereocenters. The maximum Gasteiger partial charge on any atom is 0.379 e. The van der Waals surface area contributed by atoms with Gasteiger partial charge in [-0.25, -0.2) is 9.59 Å². The quantitative estimate of drug-likeness (QED) is 0.377. The lowest BCUT2D eigenvalue weighted by molar-refractivity contribution is -0.356. The predicted molar refractivity (Wildman–Crippen MR) is 72.2 cm³/mol. The van der Waals surface area contributed by atoms with Crippen molar-refractivity contribution in [2.24, 2.45) is 5.92 Å². The van der Waals surface area contributed by atoms with Crippen LogP contribution in [0.2, 0.25) is 0 Å². The van der Waals surface area contributed by atoms with E-state index in [1.807, 2.05) is 6.92 Å². The molecule has 0 radical (unpaired) electrons. The lowest BCUT2D eigenvalue weighted by Crippen LogP contribution is -2.50. The summed E-state index contributed by atoms with van der Waals surface area (Å²) in [6.07, 6.45) is 1.89. The van der Waals surface area contributed by atoms with Crippen molar-refractivity contribution in [3.63, 3.8) is 0 Å². The molecule has 0 bridgehead atoms. The lowest BCUT2D eigenvalue weighted by Gasteiger charge is -2.35. The molecule has 6 heteroatoms. The van der Waals surface area contributed by atoms with Crippen molar-refractivity contribution in [3.8, 4) is 0 Å². The molecule has 0 aliphatic rings. The maximum atomic E-state index is 11.3. The molecule has 0 rings (SSSR count). The van der Waals surface area contributed by atoms with Crippen LogP contribution in [-0.4, -0.2) is 34.2 Å². The zero-order chi connectivity index (χ0) is 15.8. The molecule has 0 spiro atoms. The van der Waals surface area contributed by atoms with Crippen LogP contribution in [0.25, 0.3) is 0 Å². The van der Waals surface area contributed by atoms with Gasteiger partial charge in [0.2, 0.25) is 0 Å². The van der Waals surface area contributed by atoms with Gasteiger partial charge in [-0.1, -0.05) is 33.4 Å². The molecule has 0 saturated carbocycles. The van der Waals surface area contributed by atoms with E-state index in [0.717, 1.165) is 12.2 Å². The first-order valence-corrected chi connectivity index (χ1v) is 6.45. The minimum absolute atomic E-state index is 0.229. The summed E-state index contributed by atoms with van der Waals surface area (Å²) in [7, 11) is 0. The fraction of sp³-hybridized carbons (Fsp3) is 0.571. The third-order valence-electron chi connectivity index (χ3n) is 2.78. The normalized spacial score (nSPS) is 14.0. The molecule has 114 valence electrons. The zero-order valence-electron chi connectivity index (χ0n) is 11.9. The van der Waals surface area contributed by atoms with Gasteiger partial charge in [0.15, 0.2) is 0 Å². The highest BCUT2D eigenvalue weighted by Gasteiger charge is 2.47. The summed E-state index contributed by atoms with van der Waals surface area (Å²) in [5.41, 5.74) is 0. The fourth-order valence-corrected chi connectivity index (χ4v) is 1.81. The number of carbonyl (C=O) groups is 2. The second kappa shape index (κ2) is 8.50. The Morgan fingerprint density at radius 3 is 1.95 bits per heavy atom. The van der Waals surface area contributed by atoms with E-state index in [1.165, 1.54) is 0 Å². The second-order valence-corrected chi connectivity index (χ2v) is 4.25. The Labute approximate surface area is 118 Å². The fourth-order valence-electron chi connectivity index (χ4n) is 1.81. The van der Waals surface area contributed by atoms with Gasteiger partial charge in [-0.15, -0.1) is 0 Å². The first kappa shape index (κ1) is 18.3. The Morgan fingerprint density at radius 2 is 1.65 bits per heavy atom. The van der Waals surface area contributed by atoms with Gasteiger partial charge in [-0.05, 0) is 12.8 Å². The van der Waals surface area contributed by atoms with E-state index in [1.54, 1.807) is 6.92 Å². The number of carbonyl (C=O) groups excluding carboxylic acids is 2. The molecule has 0 aromatic rings. The highest BCUT2D eigenvalue weighted by Crippen LogP contribution is 2.30. The Bertz CT molecular complexity index is 341. The van der Waals surface area contributed by atoms with Crippen LogP contribution in [0.5, 0.6) is 0 Å².